The van der Waals surface area contributed by atoms with E-state index in [0.29, 0.717) is 17.7 Å². The maximum absolute atomic E-state index is 8.80. The summed E-state index contributed by atoms with van der Waals surface area (Å²) in [7, 11) is 0. The first-order valence-electron chi connectivity index (χ1n) is 6.46. The molecule has 0 bridgehead atoms. The average molecular weight is 245 g/mol. The largest absolute Gasteiger partial charge is 0.381 e. The minimum absolute atomic E-state index is 0.479. The van der Waals surface area contributed by atoms with Gasteiger partial charge in [-0.3, -0.25) is 0 Å². The van der Waals surface area contributed by atoms with Crippen molar-refractivity contribution in [3.8, 4) is 6.07 Å². The predicted molar refractivity (Wildman–Crippen MR) is 68.8 cm³/mol. The van der Waals surface area contributed by atoms with Crippen molar-refractivity contribution in [2.24, 2.45) is 5.92 Å². The second-order valence-corrected chi connectivity index (χ2v) is 4.78. The first-order valence-corrected chi connectivity index (χ1v) is 6.46. The Balaban J connectivity index is 1.84. The normalized spacial score (nSPS) is 18.2. The van der Waals surface area contributed by atoms with Gasteiger partial charge in [0.1, 0.15) is 11.8 Å². The molecular weight excluding hydrogens is 226 g/mol. The molecule has 96 valence electrons. The van der Waals surface area contributed by atoms with Gasteiger partial charge in [0.25, 0.3) is 0 Å². The summed E-state index contributed by atoms with van der Waals surface area (Å²) in [4.78, 5) is 3.97. The highest BCUT2D eigenvalue weighted by Crippen LogP contribution is 2.18. The lowest BCUT2D eigenvalue weighted by molar-refractivity contribution is 0.0558. The first kappa shape index (κ1) is 13.0. The molecule has 0 radical (unpaired) electrons. The Kier molecular flexibility index (Phi) is 4.68. The van der Waals surface area contributed by atoms with Crippen LogP contribution in [0.1, 0.15) is 31.0 Å². The highest BCUT2D eigenvalue weighted by molar-refractivity contribution is 5.25. The zero-order valence-corrected chi connectivity index (χ0v) is 10.7. The summed E-state index contributed by atoms with van der Waals surface area (Å²) < 4.78 is 5.37. The molecule has 1 N–H and O–H groups in total. The summed E-state index contributed by atoms with van der Waals surface area (Å²) in [5, 5.41) is 12.3. The molecule has 1 aliphatic heterocycles. The minimum atomic E-state index is 0.479. The number of nitrogens with one attached hydrogen (secondary N) is 1. The maximum Gasteiger partial charge on any atom is 0.140 e. The maximum atomic E-state index is 8.80. The number of hydrogen-bond donors (Lipinski definition) is 1. The standard InChI is InChI=1S/C14H19N3O/c1-11(13-3-6-18-7-4-13)17-10-12-2-5-16-14(8-12)9-15/h2,5,8,11,13,17H,3-4,6-7,10H2,1H3. The van der Waals surface area contributed by atoms with Gasteiger partial charge in [-0.25, -0.2) is 4.98 Å². The van der Waals surface area contributed by atoms with Crippen LogP contribution in [0.4, 0.5) is 0 Å². The summed E-state index contributed by atoms with van der Waals surface area (Å²) in [5.74, 6) is 0.691. The van der Waals surface area contributed by atoms with Gasteiger partial charge >= 0.3 is 0 Å². The van der Waals surface area contributed by atoms with Crippen LogP contribution in [0.25, 0.3) is 0 Å². The second-order valence-electron chi connectivity index (χ2n) is 4.78. The number of pyridine rings is 1. The monoisotopic (exact) mass is 245 g/mol. The lowest BCUT2D eigenvalue weighted by atomic mass is 9.93. The van der Waals surface area contributed by atoms with E-state index in [1.54, 1.807) is 6.20 Å². The van der Waals surface area contributed by atoms with Gasteiger partial charge in [-0.15, -0.1) is 0 Å². The highest BCUT2D eigenvalue weighted by atomic mass is 16.5. The number of ether oxygens (including phenoxy) is 1. The summed E-state index contributed by atoms with van der Waals surface area (Å²) in [6.07, 6.45) is 3.95. The van der Waals surface area contributed by atoms with Gasteiger partial charge in [-0.2, -0.15) is 5.26 Å². The molecule has 4 heteroatoms. The molecule has 0 saturated carbocycles. The number of nitriles is 1. The second kappa shape index (κ2) is 6.48. The average Bonchev–Trinajstić information content (AvgIpc) is 2.46. The van der Waals surface area contributed by atoms with Gasteiger partial charge in [0.2, 0.25) is 0 Å². The fourth-order valence-electron chi connectivity index (χ4n) is 2.31. The number of hydrogen-bond acceptors (Lipinski definition) is 4. The fourth-order valence-corrected chi connectivity index (χ4v) is 2.31. The Hall–Kier alpha value is -1.44. The van der Waals surface area contributed by atoms with E-state index in [2.05, 4.69) is 23.3 Å². The first-order chi connectivity index (χ1) is 8.79. The molecule has 18 heavy (non-hydrogen) atoms. The predicted octanol–water partition coefficient (Wildman–Crippen LogP) is 1.86. The smallest absolute Gasteiger partial charge is 0.140 e. The Morgan fingerprint density at radius 3 is 3.06 bits per heavy atom. The molecule has 1 aromatic rings. The third-order valence-corrected chi connectivity index (χ3v) is 3.54. The molecule has 1 aliphatic rings. The van der Waals surface area contributed by atoms with Crippen LogP contribution >= 0.6 is 0 Å². The van der Waals surface area contributed by atoms with Gasteiger partial charge in [-0.05, 0) is 43.4 Å². The van der Waals surface area contributed by atoms with Crippen molar-refractivity contribution in [2.75, 3.05) is 13.2 Å². The molecule has 1 fully saturated rings. The molecule has 1 atom stereocenters. The van der Waals surface area contributed by atoms with E-state index in [1.807, 2.05) is 12.1 Å². The van der Waals surface area contributed by atoms with Crippen molar-refractivity contribution in [1.82, 2.24) is 10.3 Å². The van der Waals surface area contributed by atoms with Crippen LogP contribution in [0, 0.1) is 17.2 Å². The molecule has 0 aromatic carbocycles. The van der Waals surface area contributed by atoms with Crippen molar-refractivity contribution in [3.05, 3.63) is 29.6 Å². The number of nitrogens with zero attached hydrogens (tertiary/aromatic N) is 2. The SMILES string of the molecule is CC(NCc1ccnc(C#N)c1)C1CCOCC1. The van der Waals surface area contributed by atoms with Crippen LogP contribution in [-0.2, 0) is 11.3 Å². The van der Waals surface area contributed by atoms with Crippen molar-refractivity contribution in [2.45, 2.75) is 32.4 Å². The van der Waals surface area contributed by atoms with Gasteiger partial charge in [0, 0.05) is 32.0 Å². The molecule has 4 nitrogen and oxygen atoms in total. The number of aromatic nitrogens is 1. The van der Waals surface area contributed by atoms with Gasteiger partial charge in [0.05, 0.1) is 0 Å². The van der Waals surface area contributed by atoms with Gasteiger partial charge in [-0.1, -0.05) is 0 Å². The lowest BCUT2D eigenvalue weighted by Crippen LogP contribution is -2.36. The van der Waals surface area contributed by atoms with Crippen LogP contribution in [0.2, 0.25) is 0 Å². The van der Waals surface area contributed by atoms with E-state index in [1.165, 1.54) is 0 Å². The molecule has 2 heterocycles. The Morgan fingerprint density at radius 2 is 2.33 bits per heavy atom. The zero-order valence-electron chi connectivity index (χ0n) is 10.7. The highest BCUT2D eigenvalue weighted by Gasteiger charge is 2.19. The molecule has 1 unspecified atom stereocenters. The summed E-state index contributed by atoms with van der Waals surface area (Å²) >= 11 is 0. The van der Waals surface area contributed by atoms with E-state index in [-0.39, 0.29) is 0 Å². The molecule has 0 amide bonds. The van der Waals surface area contributed by atoms with Gasteiger partial charge in [0.15, 0.2) is 0 Å². The van der Waals surface area contributed by atoms with E-state index >= 15 is 0 Å². The summed E-state index contributed by atoms with van der Waals surface area (Å²) in [6, 6.07) is 6.33. The van der Waals surface area contributed by atoms with Crippen molar-refractivity contribution in [1.29, 1.82) is 5.26 Å². The Morgan fingerprint density at radius 1 is 1.56 bits per heavy atom. The van der Waals surface area contributed by atoms with Crippen LogP contribution in [0.5, 0.6) is 0 Å². The van der Waals surface area contributed by atoms with Gasteiger partial charge < -0.3 is 10.1 Å². The van der Waals surface area contributed by atoms with Crippen molar-refractivity contribution < 1.29 is 4.74 Å². The van der Waals surface area contributed by atoms with E-state index in [0.717, 1.165) is 38.2 Å². The minimum Gasteiger partial charge on any atom is -0.381 e. The quantitative estimate of drug-likeness (QED) is 0.879. The fraction of sp³-hybridized carbons (Fsp3) is 0.571. The lowest BCUT2D eigenvalue weighted by Gasteiger charge is -2.28. The zero-order chi connectivity index (χ0) is 12.8. The van der Waals surface area contributed by atoms with Crippen LogP contribution in [-0.4, -0.2) is 24.2 Å². The van der Waals surface area contributed by atoms with E-state index in [4.69, 9.17) is 10.00 Å². The van der Waals surface area contributed by atoms with Crippen molar-refractivity contribution >= 4 is 0 Å². The Labute approximate surface area is 108 Å². The van der Waals surface area contributed by atoms with Crippen LogP contribution in [0.3, 0.4) is 0 Å². The molecule has 0 spiro atoms. The molecule has 0 aliphatic carbocycles. The van der Waals surface area contributed by atoms with E-state index < -0.39 is 0 Å². The molecule has 1 saturated heterocycles. The third kappa shape index (κ3) is 3.52. The van der Waals surface area contributed by atoms with Crippen LogP contribution < -0.4 is 5.32 Å². The van der Waals surface area contributed by atoms with Crippen LogP contribution in [0.15, 0.2) is 18.3 Å². The molecule has 2 rings (SSSR count). The number of rotatable bonds is 4. The summed E-state index contributed by atoms with van der Waals surface area (Å²) in [5.41, 5.74) is 1.59. The molecular formula is C14H19N3O. The Bertz CT molecular complexity index is 421. The summed E-state index contributed by atoms with van der Waals surface area (Å²) in [6.45, 7) is 4.77. The van der Waals surface area contributed by atoms with E-state index in [9.17, 15) is 0 Å². The topological polar surface area (TPSA) is 57.9 Å². The van der Waals surface area contributed by atoms with Crippen molar-refractivity contribution in [3.63, 3.8) is 0 Å². The third-order valence-electron chi connectivity index (χ3n) is 3.54. The molecule has 1 aromatic heterocycles.